The SMILES string of the molecule is CCc1ccc(Cc2c(OC3OC(COC(=O)OC)C(O)C(O)C3O)nn(C(CF)CF)c2C(F)(F)F)cc1.COC(=O)OC[C@H]1O[C@@H](Oc2nn(C(C)C)c(C)c2Cc2ccc(OC)c(F)c2)[C@H](O)[C@@H](O)[C@@H]1O.COC(=O)OC[C@H]1O[C@@H](Oc2nn(C(C)C)c(C)c2Cc2ccc(OC)cc2F)[C@H](O)[C@@H](O)[C@@H]1O. The minimum atomic E-state index is -5.12. The summed E-state index contributed by atoms with van der Waals surface area (Å²) in [5.41, 5.74) is 2.86. The van der Waals surface area contributed by atoms with Crippen LogP contribution in [0.1, 0.15) is 109 Å². The molecule has 39 heteroatoms. The average Bonchev–Trinajstić information content (AvgIpc) is 1.63. The van der Waals surface area contributed by atoms with E-state index in [-0.39, 0.29) is 47.1 Å². The lowest BCUT2D eigenvalue weighted by atomic mass is 9.99. The van der Waals surface area contributed by atoms with Gasteiger partial charge in [-0.05, 0) is 88.4 Å². The number of carbonyl (C=O) groups excluding carboxylic acids is 3. The van der Waals surface area contributed by atoms with Crippen LogP contribution in [0, 0.1) is 25.5 Å². The van der Waals surface area contributed by atoms with Gasteiger partial charge in [0, 0.05) is 59.9 Å². The number of hydrogen-bond donors (Lipinski definition) is 9. The normalized spacial score (nSPS) is 24.1. The Morgan fingerprint density at radius 2 is 0.872 bits per heavy atom. The molecular weight excluding hydrogens is 1470 g/mol. The Morgan fingerprint density at radius 1 is 0.486 bits per heavy atom. The van der Waals surface area contributed by atoms with E-state index >= 15 is 0 Å². The van der Waals surface area contributed by atoms with Crippen molar-refractivity contribution in [3.63, 3.8) is 0 Å². The highest BCUT2D eigenvalue weighted by atomic mass is 19.4. The Balaban J connectivity index is 0.000000228. The third-order valence-corrected chi connectivity index (χ3v) is 17.7. The number of ether oxygens (including phenoxy) is 14. The number of aromatic nitrogens is 6. The first-order valence-electron chi connectivity index (χ1n) is 34.0. The number of halogens is 7. The largest absolute Gasteiger partial charge is 0.508 e. The first-order valence-corrected chi connectivity index (χ1v) is 34.0. The third kappa shape index (κ3) is 21.6. The van der Waals surface area contributed by atoms with E-state index in [0.717, 1.165) is 32.6 Å². The zero-order valence-electron chi connectivity index (χ0n) is 61.3. The molecule has 0 aliphatic carbocycles. The summed E-state index contributed by atoms with van der Waals surface area (Å²) >= 11 is 0. The van der Waals surface area contributed by atoms with Crippen molar-refractivity contribution < 1.29 is 157 Å². The quantitative estimate of drug-likeness (QED) is 0.0185. The van der Waals surface area contributed by atoms with Crippen LogP contribution in [0.4, 0.5) is 45.1 Å². The van der Waals surface area contributed by atoms with Gasteiger partial charge >= 0.3 is 24.6 Å². The Bertz CT molecular complexity index is 3940. The molecule has 5 unspecified atom stereocenters. The fraction of sp³-hybridized carbons (Fsp3) is 0.571. The monoisotopic (exact) mass is 1560 g/mol. The van der Waals surface area contributed by atoms with Crippen molar-refractivity contribution in [1.29, 1.82) is 0 Å². The molecule has 0 saturated carbocycles. The minimum absolute atomic E-state index is 0.0375. The van der Waals surface area contributed by atoms with Crippen molar-refractivity contribution in [3.8, 4) is 29.1 Å². The second kappa shape index (κ2) is 39.2. The van der Waals surface area contributed by atoms with E-state index in [2.05, 4.69) is 34.2 Å². The molecule has 9 N–H and O–H groups in total. The van der Waals surface area contributed by atoms with Gasteiger partial charge in [0.05, 0.1) is 41.1 Å². The van der Waals surface area contributed by atoms with Crippen LogP contribution < -0.4 is 23.7 Å². The molecule has 3 aliphatic heterocycles. The predicted octanol–water partition coefficient (Wildman–Crippen LogP) is 5.47. The molecule has 0 amide bonds. The third-order valence-electron chi connectivity index (χ3n) is 17.7. The average molecular weight is 1570 g/mol. The highest BCUT2D eigenvalue weighted by Crippen LogP contribution is 2.41. The lowest BCUT2D eigenvalue weighted by Gasteiger charge is -2.39. The van der Waals surface area contributed by atoms with E-state index < -0.39 is 191 Å². The molecule has 3 aromatic heterocycles. The van der Waals surface area contributed by atoms with Gasteiger partial charge in [-0.25, -0.2) is 36.6 Å². The van der Waals surface area contributed by atoms with E-state index in [1.54, 1.807) is 58.8 Å². The van der Waals surface area contributed by atoms with E-state index in [9.17, 15) is 91.1 Å². The Morgan fingerprint density at radius 3 is 1.23 bits per heavy atom. The number of alkyl halides is 5. The van der Waals surface area contributed by atoms with Crippen molar-refractivity contribution in [2.75, 3.05) is 68.7 Å². The van der Waals surface area contributed by atoms with E-state index in [1.165, 1.54) is 32.4 Å². The maximum atomic E-state index is 14.7. The highest BCUT2D eigenvalue weighted by molar-refractivity contribution is 5.60. The summed E-state index contributed by atoms with van der Waals surface area (Å²) in [6.45, 7) is 8.60. The summed E-state index contributed by atoms with van der Waals surface area (Å²) in [5.74, 6) is -1.10. The van der Waals surface area contributed by atoms with Gasteiger partial charge in [-0.3, -0.25) is 9.36 Å². The van der Waals surface area contributed by atoms with Crippen LogP contribution in [0.15, 0.2) is 60.7 Å². The van der Waals surface area contributed by atoms with Crippen molar-refractivity contribution in [2.24, 2.45) is 0 Å². The van der Waals surface area contributed by atoms with Crippen LogP contribution in [0.2, 0.25) is 0 Å². The first kappa shape index (κ1) is 87.4. The lowest BCUT2D eigenvalue weighted by molar-refractivity contribution is -0.278. The van der Waals surface area contributed by atoms with Gasteiger partial charge in [0.25, 0.3) is 0 Å². The highest BCUT2D eigenvalue weighted by Gasteiger charge is 2.50. The second-order valence-electron chi connectivity index (χ2n) is 25.7. The first-order chi connectivity index (χ1) is 51.6. The van der Waals surface area contributed by atoms with Gasteiger partial charge < -0.3 is 112 Å². The zero-order valence-corrected chi connectivity index (χ0v) is 61.3. The number of carbonyl (C=O) groups is 3. The van der Waals surface area contributed by atoms with E-state index in [0.29, 0.717) is 45.7 Å². The summed E-state index contributed by atoms with van der Waals surface area (Å²) in [6, 6.07) is 13.6. The molecule has 3 fully saturated rings. The summed E-state index contributed by atoms with van der Waals surface area (Å²) in [7, 11) is 6.08. The molecule has 3 aromatic carbocycles. The molecule has 0 spiro atoms. The number of methoxy groups -OCH3 is 5. The number of rotatable bonds is 26. The Hall–Kier alpha value is -8.87. The van der Waals surface area contributed by atoms with Gasteiger partial charge in [-0.1, -0.05) is 43.3 Å². The lowest BCUT2D eigenvalue weighted by Crippen LogP contribution is -2.60. The zero-order chi connectivity index (χ0) is 80.6. The molecule has 3 saturated heterocycles. The minimum Gasteiger partial charge on any atom is -0.497 e. The molecule has 15 atom stereocenters. The van der Waals surface area contributed by atoms with E-state index in [1.807, 2.05) is 41.5 Å². The molecule has 0 bridgehead atoms. The van der Waals surface area contributed by atoms with Crippen molar-refractivity contribution in [1.82, 2.24) is 29.3 Å². The molecule has 9 rings (SSSR count). The van der Waals surface area contributed by atoms with Gasteiger partial charge in [-0.2, -0.15) is 13.2 Å². The summed E-state index contributed by atoms with van der Waals surface area (Å²) < 4.78 is 173. The smallest absolute Gasteiger partial charge is 0.497 e. The van der Waals surface area contributed by atoms with Crippen molar-refractivity contribution >= 4 is 18.5 Å². The maximum Gasteiger partial charge on any atom is 0.508 e. The standard InChI is InChI=1S/C24H29F5N2O8.2C23H31FN2O9/c1-3-12-4-6-13(7-5-12)8-15-20(24(27,28)29)31(14(9-25)10-26)30-21(15)39-22-19(34)18(33)17(32)16(38-22)11-37-23(35)36-2;1-11(2)26-12(3)15(8-13-6-7-14(31-4)9-16(13)24)21(25-26)35-22-20(29)19(28)18(27)17(34-22)10-33-23(30)32-5;1-11(2)26-12(3)14(8-13-6-7-16(31-4)15(24)9-13)21(25-26)35-22-20(29)19(28)18(27)17(34-22)10-33-23(30)32-5/h4-7,14,16-19,22,32-34H,3,8-11H2,1-2H3;2*6-7,9,11,17-20,22,27-29H,8,10H2,1-5H3/t;2*17-,18-,19+,20-,22+/m.11/s1. The van der Waals surface area contributed by atoms with Crippen molar-refractivity contribution in [3.05, 3.63) is 128 Å². The Labute approximate surface area is 620 Å². The van der Waals surface area contributed by atoms with Gasteiger partial charge in [0.15, 0.2) is 17.3 Å². The number of hydrogen-bond acceptors (Lipinski definition) is 29. The van der Waals surface area contributed by atoms with Crippen LogP contribution in [-0.2, 0) is 74.5 Å². The molecule has 606 valence electrons. The van der Waals surface area contributed by atoms with Gasteiger partial charge in [-0.15, -0.1) is 15.3 Å². The summed E-state index contributed by atoms with van der Waals surface area (Å²) in [4.78, 5) is 33.9. The molecule has 3 aliphatic rings. The molecule has 0 radical (unpaired) electrons. The van der Waals surface area contributed by atoms with Crippen LogP contribution in [0.5, 0.6) is 29.1 Å². The second-order valence-corrected chi connectivity index (χ2v) is 25.7. The summed E-state index contributed by atoms with van der Waals surface area (Å²) in [6.07, 6.45) is -31.8. The maximum absolute atomic E-state index is 14.7. The fourth-order valence-corrected chi connectivity index (χ4v) is 11.6. The number of aliphatic hydroxyl groups excluding tert-OH is 9. The molecule has 6 heterocycles. The van der Waals surface area contributed by atoms with Gasteiger partial charge in [0.2, 0.25) is 36.5 Å². The topological polar surface area (TPSA) is 416 Å². The number of benzene rings is 3. The fourth-order valence-electron chi connectivity index (χ4n) is 11.6. The van der Waals surface area contributed by atoms with Crippen LogP contribution >= 0.6 is 0 Å². The number of aliphatic hydroxyl groups is 9. The van der Waals surface area contributed by atoms with Crippen LogP contribution in [0.3, 0.4) is 0 Å². The number of nitrogens with zero attached hydrogens (tertiary/aromatic N) is 6. The predicted molar refractivity (Wildman–Crippen MR) is 360 cm³/mol. The van der Waals surface area contributed by atoms with Gasteiger partial charge in [0.1, 0.15) is 124 Å². The van der Waals surface area contributed by atoms with Crippen LogP contribution in [0.25, 0.3) is 0 Å². The molecule has 109 heavy (non-hydrogen) atoms. The van der Waals surface area contributed by atoms with Crippen molar-refractivity contribution in [2.45, 2.75) is 191 Å². The van der Waals surface area contributed by atoms with Crippen LogP contribution in [-0.4, -0.2) is 255 Å². The summed E-state index contributed by atoms with van der Waals surface area (Å²) in [5, 5.41) is 106. The number of aryl methyl sites for hydroxylation is 1. The Kier molecular flexibility index (Phi) is 31.4. The molecule has 6 aromatic rings. The molecule has 32 nitrogen and oxygen atoms in total. The molecular formula is C70H91F7N6O26. The van der Waals surface area contributed by atoms with E-state index in [4.69, 9.17) is 47.4 Å².